The summed E-state index contributed by atoms with van der Waals surface area (Å²) in [6, 6.07) is 8.32. The van der Waals surface area contributed by atoms with Gasteiger partial charge in [-0.2, -0.15) is 20.2 Å². The van der Waals surface area contributed by atoms with Crippen LogP contribution in [0.5, 0.6) is 5.75 Å². The van der Waals surface area contributed by atoms with Crippen LogP contribution in [-0.4, -0.2) is 120 Å². The Labute approximate surface area is 356 Å². The quantitative estimate of drug-likeness (QED) is 0.0169. The maximum atomic E-state index is 13.9. The second kappa shape index (κ2) is 24.7. The summed E-state index contributed by atoms with van der Waals surface area (Å²) < 4.78 is 35.0. The fourth-order valence-electron chi connectivity index (χ4n) is 5.69. The van der Waals surface area contributed by atoms with Crippen molar-refractivity contribution < 1.29 is 45.9 Å². The van der Waals surface area contributed by atoms with Crippen LogP contribution in [-0.2, 0) is 58.4 Å². The number of thioether (sulfide) groups is 1. The van der Waals surface area contributed by atoms with Gasteiger partial charge in [0, 0.05) is 31.3 Å². The molecular weight excluding hydrogens is 837 g/mol. The van der Waals surface area contributed by atoms with Gasteiger partial charge in [0.1, 0.15) is 29.9 Å². The standard InChI is InChI=1S/C37H52N12O10S2/c1-60-15-13-28(35(54)47-27(8-5-14-43-37(40)41)34(53)49-29(32(39)51)17-22-6-3-2-4-7-22)48-36(55)30(18-24-19-42-21-45-24)46-31(50)20-44-33(52)26(38)16-23-9-11-25(12-10-23)59-61(56,57)58/h2-4,6-7,9-12,19,21,26-30H,5,8,13-18,20,38H2,1H3,(H2,39,51)(H,42,45)(H,44,52)(H,46,50)(H,47,54)(H,48,55)(H,49,53)(H4,40,41,43)(H,56,57,58)/t26-,27-,28-,29-,30-/m0/s1. The molecule has 3 aromatic rings. The molecule has 24 heteroatoms. The number of nitrogens with zero attached hydrogens (tertiary/aromatic N) is 2. The molecule has 22 nitrogen and oxygen atoms in total. The first-order chi connectivity index (χ1) is 28.9. The monoisotopic (exact) mass is 888 g/mol. The molecule has 0 saturated heterocycles. The predicted octanol–water partition coefficient (Wildman–Crippen LogP) is -2.71. The zero-order valence-corrected chi connectivity index (χ0v) is 34.9. The first-order valence-corrected chi connectivity index (χ1v) is 21.5. The molecule has 61 heavy (non-hydrogen) atoms. The number of nitrogens with one attached hydrogen (secondary N) is 6. The molecule has 0 aliphatic heterocycles. The lowest BCUT2D eigenvalue weighted by atomic mass is 10.0. The number of hydrogen-bond donors (Lipinski definition) is 11. The minimum absolute atomic E-state index is 0.0117. The molecule has 15 N–H and O–H groups in total. The van der Waals surface area contributed by atoms with Crippen molar-refractivity contribution in [2.75, 3.05) is 25.1 Å². The van der Waals surface area contributed by atoms with E-state index in [0.717, 1.165) is 5.56 Å². The number of benzene rings is 2. The molecule has 0 saturated carbocycles. The summed E-state index contributed by atoms with van der Waals surface area (Å²) in [4.78, 5) is 90.3. The number of guanidine groups is 1. The van der Waals surface area contributed by atoms with Crippen LogP contribution in [0.2, 0.25) is 0 Å². The number of aromatic nitrogens is 2. The van der Waals surface area contributed by atoms with Crippen LogP contribution in [0, 0.1) is 0 Å². The summed E-state index contributed by atoms with van der Waals surface area (Å²) in [5, 5.41) is 13.0. The van der Waals surface area contributed by atoms with E-state index in [2.05, 4.69) is 45.7 Å². The fourth-order valence-corrected chi connectivity index (χ4v) is 6.51. The van der Waals surface area contributed by atoms with Crippen molar-refractivity contribution in [3.63, 3.8) is 0 Å². The maximum Gasteiger partial charge on any atom is 0.446 e. The minimum Gasteiger partial charge on any atom is -0.370 e. The molecule has 0 spiro atoms. The fraction of sp³-hybridized carbons (Fsp3) is 0.405. The van der Waals surface area contributed by atoms with E-state index in [1.54, 1.807) is 36.6 Å². The van der Waals surface area contributed by atoms with Gasteiger partial charge in [0.05, 0.1) is 18.9 Å². The third kappa shape index (κ3) is 18.7. The number of aliphatic imine (C=N–C) groups is 1. The molecule has 0 radical (unpaired) electrons. The zero-order valence-electron chi connectivity index (χ0n) is 33.2. The van der Waals surface area contributed by atoms with Gasteiger partial charge in [0.25, 0.3) is 0 Å². The molecule has 1 heterocycles. The Balaban J connectivity index is 1.71. The van der Waals surface area contributed by atoms with Crippen molar-refractivity contribution in [2.24, 2.45) is 27.9 Å². The van der Waals surface area contributed by atoms with E-state index in [1.807, 2.05) is 0 Å². The Kier molecular flexibility index (Phi) is 19.9. The van der Waals surface area contributed by atoms with Crippen molar-refractivity contribution in [1.29, 1.82) is 0 Å². The lowest BCUT2D eigenvalue weighted by molar-refractivity contribution is -0.134. The van der Waals surface area contributed by atoms with Gasteiger partial charge in [0.2, 0.25) is 35.4 Å². The second-order valence-corrected chi connectivity index (χ2v) is 15.6. The minimum atomic E-state index is -4.72. The average Bonchev–Trinajstić information content (AvgIpc) is 3.72. The molecule has 0 bridgehead atoms. The largest absolute Gasteiger partial charge is 0.446 e. The number of carbonyl (C=O) groups is 6. The van der Waals surface area contributed by atoms with Gasteiger partial charge in [0.15, 0.2) is 5.96 Å². The number of imidazole rings is 1. The van der Waals surface area contributed by atoms with E-state index in [9.17, 15) is 37.2 Å². The number of aromatic amines is 1. The summed E-state index contributed by atoms with van der Waals surface area (Å²) >= 11 is 1.40. The van der Waals surface area contributed by atoms with Gasteiger partial charge in [-0.05, 0) is 61.0 Å². The highest BCUT2D eigenvalue weighted by molar-refractivity contribution is 7.98. The molecule has 1 aromatic heterocycles. The van der Waals surface area contributed by atoms with Gasteiger partial charge in [-0.15, -0.1) is 0 Å². The Hall–Kier alpha value is -6.24. The molecule has 0 unspecified atom stereocenters. The molecule has 6 amide bonds. The summed E-state index contributed by atoms with van der Waals surface area (Å²) in [5.41, 5.74) is 24.2. The average molecular weight is 889 g/mol. The van der Waals surface area contributed by atoms with Crippen LogP contribution in [0.3, 0.4) is 0 Å². The van der Waals surface area contributed by atoms with E-state index in [4.69, 9.17) is 27.5 Å². The summed E-state index contributed by atoms with van der Waals surface area (Å²) in [7, 11) is -4.72. The van der Waals surface area contributed by atoms with E-state index in [-0.39, 0.29) is 56.8 Å². The van der Waals surface area contributed by atoms with Crippen molar-refractivity contribution in [2.45, 2.75) is 68.7 Å². The lowest BCUT2D eigenvalue weighted by Gasteiger charge is -2.26. The number of amides is 6. The topological polar surface area (TPSA) is 371 Å². The summed E-state index contributed by atoms with van der Waals surface area (Å²) in [6.45, 7) is -0.450. The van der Waals surface area contributed by atoms with E-state index in [1.165, 1.54) is 48.6 Å². The highest BCUT2D eigenvalue weighted by Crippen LogP contribution is 2.15. The Morgan fingerprint density at radius 1 is 0.803 bits per heavy atom. The number of hydrogen-bond acceptors (Lipinski definition) is 13. The summed E-state index contributed by atoms with van der Waals surface area (Å²) in [5.74, 6) is -4.39. The Bertz CT molecular complexity index is 2050. The smallest absolute Gasteiger partial charge is 0.370 e. The van der Waals surface area contributed by atoms with Gasteiger partial charge < -0.3 is 58.7 Å². The van der Waals surface area contributed by atoms with E-state index >= 15 is 0 Å². The van der Waals surface area contributed by atoms with Crippen LogP contribution >= 0.6 is 11.8 Å². The molecule has 3 rings (SSSR count). The van der Waals surface area contributed by atoms with Crippen LogP contribution in [0.25, 0.3) is 0 Å². The Morgan fingerprint density at radius 2 is 1.41 bits per heavy atom. The number of carbonyl (C=O) groups excluding carboxylic acids is 6. The second-order valence-electron chi connectivity index (χ2n) is 13.6. The van der Waals surface area contributed by atoms with E-state index in [0.29, 0.717) is 17.0 Å². The summed E-state index contributed by atoms with van der Waals surface area (Å²) in [6.07, 6.45) is 5.01. The SMILES string of the molecule is CSCC[C@H](NC(=O)[C@H](Cc1cnc[nH]1)NC(=O)CNC(=O)[C@@H](N)Cc1ccc(OS(=O)(=O)O)cc1)C(=O)N[C@@H](CCCN=C(N)N)C(=O)N[C@@H](Cc1ccccc1)C(N)=O. The number of H-pyrrole nitrogens is 1. The van der Waals surface area contributed by atoms with Gasteiger partial charge >= 0.3 is 10.4 Å². The molecule has 0 aliphatic carbocycles. The normalized spacial score (nSPS) is 13.6. The van der Waals surface area contributed by atoms with Gasteiger partial charge in [-0.3, -0.25) is 38.3 Å². The molecule has 0 aliphatic rings. The number of nitrogens with two attached hydrogens (primary N) is 4. The highest BCUT2D eigenvalue weighted by Gasteiger charge is 2.31. The third-order valence-electron chi connectivity index (χ3n) is 8.74. The Morgan fingerprint density at radius 3 is 1.98 bits per heavy atom. The number of primary amides is 1. The molecular formula is C37H52N12O10S2. The lowest BCUT2D eigenvalue weighted by Crippen LogP contribution is -2.59. The van der Waals surface area contributed by atoms with E-state index < -0.39 is 82.6 Å². The molecule has 0 fully saturated rings. The van der Waals surface area contributed by atoms with Crippen LogP contribution < -0.4 is 53.7 Å². The predicted molar refractivity (Wildman–Crippen MR) is 226 cm³/mol. The van der Waals surface area contributed by atoms with Gasteiger partial charge in [-0.25, -0.2) is 4.98 Å². The molecule has 2 aromatic carbocycles. The van der Waals surface area contributed by atoms with Crippen LogP contribution in [0.1, 0.15) is 36.1 Å². The van der Waals surface area contributed by atoms with Crippen molar-refractivity contribution in [3.8, 4) is 5.75 Å². The number of rotatable bonds is 26. The maximum absolute atomic E-state index is 13.9. The highest BCUT2D eigenvalue weighted by atomic mass is 32.3. The van der Waals surface area contributed by atoms with Crippen molar-refractivity contribution >= 4 is 63.6 Å². The van der Waals surface area contributed by atoms with Gasteiger partial charge in [-0.1, -0.05) is 42.5 Å². The van der Waals surface area contributed by atoms with Crippen molar-refractivity contribution in [3.05, 3.63) is 83.9 Å². The first kappa shape index (κ1) is 49.1. The molecule has 5 atom stereocenters. The van der Waals surface area contributed by atoms with Crippen molar-refractivity contribution in [1.82, 2.24) is 36.6 Å². The van der Waals surface area contributed by atoms with Crippen LogP contribution in [0.15, 0.2) is 72.1 Å². The first-order valence-electron chi connectivity index (χ1n) is 18.8. The zero-order chi connectivity index (χ0) is 45.0. The third-order valence-corrected chi connectivity index (χ3v) is 9.78. The molecule has 332 valence electrons. The van der Waals surface area contributed by atoms with Crippen LogP contribution in [0.4, 0.5) is 0 Å².